The van der Waals surface area contributed by atoms with Crippen molar-refractivity contribution in [3.63, 3.8) is 0 Å². The smallest absolute Gasteiger partial charge is 0.335 e. The van der Waals surface area contributed by atoms with Crippen molar-refractivity contribution in [1.29, 1.82) is 0 Å². The van der Waals surface area contributed by atoms with Gasteiger partial charge in [0.15, 0.2) is 6.10 Å². The first kappa shape index (κ1) is 26.5. The Balaban J connectivity index is 1.54. The van der Waals surface area contributed by atoms with Crippen molar-refractivity contribution in [3.8, 4) is 5.75 Å². The van der Waals surface area contributed by atoms with Gasteiger partial charge in [-0.05, 0) is 72.5 Å². The van der Waals surface area contributed by atoms with Gasteiger partial charge in [-0.25, -0.2) is 4.79 Å². The molecule has 0 N–H and O–H groups in total. The van der Waals surface area contributed by atoms with Crippen LogP contribution in [0, 0.1) is 0 Å². The maximum atomic E-state index is 12.1. The molecule has 0 fully saturated rings. The third-order valence-corrected chi connectivity index (χ3v) is 5.59. The van der Waals surface area contributed by atoms with E-state index in [0.717, 1.165) is 26.9 Å². The van der Waals surface area contributed by atoms with Gasteiger partial charge in [-0.3, -0.25) is 0 Å². The average Bonchev–Trinajstić information content (AvgIpc) is 2.86. The lowest BCUT2D eigenvalue weighted by molar-refractivity contribution is -0.156. The molecule has 0 aliphatic carbocycles. The molecule has 0 radical (unpaired) electrons. The molecule has 0 aliphatic heterocycles. The fourth-order valence-electron chi connectivity index (χ4n) is 3.50. The zero-order valence-electron chi connectivity index (χ0n) is 20.2. The van der Waals surface area contributed by atoms with Crippen LogP contribution in [0.1, 0.15) is 36.1 Å². The van der Waals surface area contributed by atoms with Crippen LogP contribution in [0.4, 0.5) is 0 Å². The first-order chi connectivity index (χ1) is 17.1. The van der Waals surface area contributed by atoms with Gasteiger partial charge in [-0.1, -0.05) is 76.6 Å². The van der Waals surface area contributed by atoms with Crippen LogP contribution < -0.4 is 4.74 Å². The van der Waals surface area contributed by atoms with Gasteiger partial charge in [0.05, 0.1) is 6.61 Å². The maximum Gasteiger partial charge on any atom is 0.335 e. The van der Waals surface area contributed by atoms with Crippen LogP contribution in [-0.4, -0.2) is 31.9 Å². The quantitative estimate of drug-likeness (QED) is 0.181. The Morgan fingerprint density at radius 3 is 2.23 bits per heavy atom. The second-order valence-corrected chi connectivity index (χ2v) is 8.74. The minimum absolute atomic E-state index is 0.328. The number of esters is 1. The maximum absolute atomic E-state index is 12.1. The standard InChI is InChI=1S/C30H31BrO4/c1-3-33-29(30(32)34-4-2)22-24-14-16-28(17-15-24)35-18-8-11-25-19-26(21-27(31)20-25)13-12-23-9-6-5-7-10-23/h5-17,19-21,29H,3-4,18,22H2,1-2H3/b11-8+,13-12+. The molecule has 3 rings (SSSR count). The predicted molar refractivity (Wildman–Crippen MR) is 146 cm³/mol. The number of ether oxygens (including phenoxy) is 3. The van der Waals surface area contributed by atoms with Crippen molar-refractivity contribution >= 4 is 40.1 Å². The van der Waals surface area contributed by atoms with E-state index in [1.54, 1.807) is 6.92 Å². The molecule has 35 heavy (non-hydrogen) atoms. The summed E-state index contributed by atoms with van der Waals surface area (Å²) in [5, 5.41) is 0. The number of hydrogen-bond donors (Lipinski definition) is 0. The summed E-state index contributed by atoms with van der Waals surface area (Å²) < 4.78 is 17.5. The highest BCUT2D eigenvalue weighted by Gasteiger charge is 2.20. The summed E-state index contributed by atoms with van der Waals surface area (Å²) in [6.45, 7) is 4.91. The third-order valence-electron chi connectivity index (χ3n) is 5.13. The molecular weight excluding hydrogens is 504 g/mol. The van der Waals surface area contributed by atoms with E-state index in [2.05, 4.69) is 58.4 Å². The van der Waals surface area contributed by atoms with Crippen molar-refractivity contribution in [2.75, 3.05) is 19.8 Å². The number of halogens is 1. The minimum atomic E-state index is -0.590. The van der Waals surface area contributed by atoms with E-state index in [9.17, 15) is 4.79 Å². The molecule has 182 valence electrons. The average molecular weight is 535 g/mol. The van der Waals surface area contributed by atoms with E-state index in [1.165, 1.54) is 5.56 Å². The summed E-state index contributed by atoms with van der Waals surface area (Å²) in [5.41, 5.74) is 4.36. The van der Waals surface area contributed by atoms with E-state index in [4.69, 9.17) is 14.2 Å². The van der Waals surface area contributed by atoms with Crippen molar-refractivity contribution in [1.82, 2.24) is 0 Å². The lowest BCUT2D eigenvalue weighted by Crippen LogP contribution is -2.28. The molecular formula is C30H31BrO4. The molecule has 5 heteroatoms. The molecule has 1 unspecified atom stereocenters. The first-order valence-corrected chi connectivity index (χ1v) is 12.6. The SMILES string of the molecule is CCOC(=O)C(Cc1ccc(OC/C=C/c2cc(Br)cc(/C=C/c3ccccc3)c2)cc1)OCC. The highest BCUT2D eigenvalue weighted by Crippen LogP contribution is 2.20. The number of hydrogen-bond acceptors (Lipinski definition) is 4. The van der Waals surface area contributed by atoms with Crippen LogP contribution in [0.3, 0.4) is 0 Å². The van der Waals surface area contributed by atoms with E-state index >= 15 is 0 Å². The molecule has 0 saturated heterocycles. The van der Waals surface area contributed by atoms with Gasteiger partial charge < -0.3 is 14.2 Å². The van der Waals surface area contributed by atoms with E-state index < -0.39 is 6.10 Å². The molecule has 0 aliphatic rings. The van der Waals surface area contributed by atoms with Crippen LogP contribution in [0.5, 0.6) is 5.75 Å². The minimum Gasteiger partial charge on any atom is -0.490 e. The number of benzene rings is 3. The Bertz CT molecular complexity index is 1120. The molecule has 0 amide bonds. The van der Waals surface area contributed by atoms with Crippen molar-refractivity contribution < 1.29 is 19.0 Å². The summed E-state index contributed by atoms with van der Waals surface area (Å²) in [7, 11) is 0. The Labute approximate surface area is 216 Å². The topological polar surface area (TPSA) is 44.8 Å². The lowest BCUT2D eigenvalue weighted by Gasteiger charge is -2.15. The Morgan fingerprint density at radius 2 is 1.54 bits per heavy atom. The van der Waals surface area contributed by atoms with Gasteiger partial charge in [0.1, 0.15) is 12.4 Å². The van der Waals surface area contributed by atoms with E-state index in [0.29, 0.717) is 26.2 Å². The first-order valence-electron chi connectivity index (χ1n) is 11.8. The number of rotatable bonds is 12. The van der Waals surface area contributed by atoms with Crippen LogP contribution in [0.25, 0.3) is 18.2 Å². The molecule has 0 saturated carbocycles. The van der Waals surface area contributed by atoms with E-state index in [1.807, 2.05) is 61.5 Å². The monoisotopic (exact) mass is 534 g/mol. The molecule has 0 aromatic heterocycles. The summed E-state index contributed by atoms with van der Waals surface area (Å²) >= 11 is 3.60. The van der Waals surface area contributed by atoms with Crippen molar-refractivity contribution in [3.05, 3.63) is 106 Å². The number of carbonyl (C=O) groups is 1. The molecule has 4 nitrogen and oxygen atoms in total. The Hall–Kier alpha value is -3.15. The highest BCUT2D eigenvalue weighted by atomic mass is 79.9. The summed E-state index contributed by atoms with van der Waals surface area (Å²) in [6, 6.07) is 24.2. The van der Waals surface area contributed by atoms with E-state index in [-0.39, 0.29) is 5.97 Å². The fourth-order valence-corrected chi connectivity index (χ4v) is 4.02. The second-order valence-electron chi connectivity index (χ2n) is 7.82. The molecule has 0 spiro atoms. The molecule has 3 aromatic rings. The summed E-state index contributed by atoms with van der Waals surface area (Å²) in [6.07, 6.45) is 8.12. The van der Waals surface area contributed by atoms with Gasteiger partial charge in [-0.15, -0.1) is 0 Å². The van der Waals surface area contributed by atoms with Gasteiger partial charge in [0.25, 0.3) is 0 Å². The Kier molecular flexibility index (Phi) is 10.8. The lowest BCUT2D eigenvalue weighted by atomic mass is 10.1. The number of carbonyl (C=O) groups excluding carboxylic acids is 1. The van der Waals surface area contributed by atoms with Gasteiger partial charge >= 0.3 is 5.97 Å². The van der Waals surface area contributed by atoms with Crippen molar-refractivity contribution in [2.24, 2.45) is 0 Å². The molecule has 0 bridgehead atoms. The molecule has 0 heterocycles. The highest BCUT2D eigenvalue weighted by molar-refractivity contribution is 9.10. The van der Waals surface area contributed by atoms with Gasteiger partial charge in [0.2, 0.25) is 0 Å². The second kappa shape index (κ2) is 14.3. The molecule has 3 aromatic carbocycles. The summed E-state index contributed by atoms with van der Waals surface area (Å²) in [5.74, 6) is 0.439. The summed E-state index contributed by atoms with van der Waals surface area (Å²) in [4.78, 5) is 12.1. The zero-order chi connectivity index (χ0) is 24.9. The van der Waals surface area contributed by atoms with Crippen LogP contribution in [0.2, 0.25) is 0 Å². The van der Waals surface area contributed by atoms with Gasteiger partial charge in [-0.2, -0.15) is 0 Å². The Morgan fingerprint density at radius 1 is 0.857 bits per heavy atom. The molecule has 1 atom stereocenters. The predicted octanol–water partition coefficient (Wildman–Crippen LogP) is 7.22. The van der Waals surface area contributed by atoms with Crippen LogP contribution >= 0.6 is 15.9 Å². The van der Waals surface area contributed by atoms with Crippen molar-refractivity contribution in [2.45, 2.75) is 26.4 Å². The normalized spacial score (nSPS) is 12.2. The van der Waals surface area contributed by atoms with Crippen LogP contribution in [-0.2, 0) is 20.7 Å². The largest absolute Gasteiger partial charge is 0.490 e. The van der Waals surface area contributed by atoms with Crippen LogP contribution in [0.15, 0.2) is 83.3 Å². The van der Waals surface area contributed by atoms with Gasteiger partial charge in [0, 0.05) is 17.5 Å². The third kappa shape index (κ3) is 9.19. The fraction of sp³-hybridized carbons (Fsp3) is 0.233. The zero-order valence-corrected chi connectivity index (χ0v) is 21.7.